The predicted molar refractivity (Wildman–Crippen MR) is 108 cm³/mol. The molecule has 0 bridgehead atoms. The van der Waals surface area contributed by atoms with Crippen molar-refractivity contribution in [1.82, 2.24) is 4.90 Å². The monoisotopic (exact) mass is 378 g/mol. The maximum Gasteiger partial charge on any atom is 0.228 e. The summed E-state index contributed by atoms with van der Waals surface area (Å²) in [6, 6.07) is 15.9. The topological polar surface area (TPSA) is 49.9 Å². The number of methoxy groups -OCH3 is 1. The molecule has 2 aliphatic rings. The van der Waals surface area contributed by atoms with Crippen molar-refractivity contribution in [3.05, 3.63) is 59.7 Å². The molecule has 0 N–H and O–H groups in total. The Labute approximate surface area is 165 Å². The minimum atomic E-state index is -0.323. The molecule has 146 valence electrons. The summed E-state index contributed by atoms with van der Waals surface area (Å²) in [5, 5.41) is 0. The van der Waals surface area contributed by atoms with Crippen molar-refractivity contribution >= 4 is 17.5 Å². The molecule has 2 aromatic rings. The van der Waals surface area contributed by atoms with Crippen molar-refractivity contribution in [2.75, 3.05) is 25.6 Å². The molecule has 5 heteroatoms. The number of benzene rings is 2. The third-order valence-electron chi connectivity index (χ3n) is 6.00. The van der Waals surface area contributed by atoms with Crippen LogP contribution in [0.4, 0.5) is 5.69 Å². The third kappa shape index (κ3) is 3.26. The largest absolute Gasteiger partial charge is 0.495 e. The van der Waals surface area contributed by atoms with Crippen LogP contribution in [-0.4, -0.2) is 37.4 Å². The van der Waals surface area contributed by atoms with E-state index in [4.69, 9.17) is 4.74 Å². The first-order chi connectivity index (χ1) is 13.6. The predicted octanol–water partition coefficient (Wildman–Crippen LogP) is 3.58. The Bertz CT molecular complexity index is 895. The zero-order chi connectivity index (χ0) is 19.7. The van der Waals surface area contributed by atoms with Gasteiger partial charge in [-0.25, -0.2) is 0 Å². The van der Waals surface area contributed by atoms with Crippen molar-refractivity contribution in [3.8, 4) is 5.75 Å². The first-order valence-electron chi connectivity index (χ1n) is 9.88. The van der Waals surface area contributed by atoms with E-state index < -0.39 is 0 Å². The maximum absolute atomic E-state index is 13.2. The number of aryl methyl sites for hydroxylation is 1. The van der Waals surface area contributed by atoms with Gasteiger partial charge in [0.2, 0.25) is 11.8 Å². The molecule has 28 heavy (non-hydrogen) atoms. The number of fused-ring (bicyclic) bond motifs is 1. The molecule has 1 saturated heterocycles. The highest BCUT2D eigenvalue weighted by atomic mass is 16.5. The summed E-state index contributed by atoms with van der Waals surface area (Å²) in [6.07, 6.45) is 3.36. The molecule has 0 saturated carbocycles. The molecule has 2 amide bonds. The van der Waals surface area contributed by atoms with E-state index in [0.717, 1.165) is 24.9 Å². The van der Waals surface area contributed by atoms with E-state index in [-0.39, 0.29) is 30.2 Å². The van der Waals surface area contributed by atoms with Crippen LogP contribution < -0.4 is 9.64 Å². The summed E-state index contributed by atoms with van der Waals surface area (Å²) in [7, 11) is 3.47. The Balaban J connectivity index is 1.53. The summed E-state index contributed by atoms with van der Waals surface area (Å²) in [6.45, 7) is 0.400. The fourth-order valence-electron chi connectivity index (χ4n) is 4.53. The molecule has 0 unspecified atom stereocenters. The molecule has 0 spiro atoms. The van der Waals surface area contributed by atoms with Gasteiger partial charge in [0, 0.05) is 20.0 Å². The van der Waals surface area contributed by atoms with Crippen LogP contribution in [0.3, 0.4) is 0 Å². The second-order valence-corrected chi connectivity index (χ2v) is 7.63. The lowest BCUT2D eigenvalue weighted by atomic mass is 9.86. The minimum Gasteiger partial charge on any atom is -0.495 e. The van der Waals surface area contributed by atoms with Crippen LogP contribution in [0.5, 0.6) is 5.75 Å². The second kappa shape index (κ2) is 7.66. The summed E-state index contributed by atoms with van der Waals surface area (Å²) >= 11 is 0. The molecule has 2 aromatic carbocycles. The Morgan fingerprint density at radius 2 is 1.89 bits per heavy atom. The molecule has 1 fully saturated rings. The fraction of sp³-hybridized carbons (Fsp3) is 0.391. The maximum atomic E-state index is 13.2. The number of amides is 2. The van der Waals surface area contributed by atoms with Crippen LogP contribution >= 0.6 is 0 Å². The van der Waals surface area contributed by atoms with Gasteiger partial charge in [-0.3, -0.25) is 9.59 Å². The molecule has 4 rings (SSSR count). The number of rotatable bonds is 4. The first-order valence-corrected chi connectivity index (χ1v) is 9.88. The number of carbonyl (C=O) groups excluding carboxylic acids is 2. The zero-order valence-electron chi connectivity index (χ0n) is 16.4. The Hall–Kier alpha value is -2.82. The number of nitrogens with zero attached hydrogens (tertiary/aromatic N) is 2. The molecule has 0 aromatic heterocycles. The van der Waals surface area contributed by atoms with E-state index >= 15 is 0 Å². The number of anilines is 1. The number of carbonyl (C=O) groups is 2. The lowest BCUT2D eigenvalue weighted by Gasteiger charge is -2.34. The van der Waals surface area contributed by atoms with E-state index in [2.05, 4.69) is 18.2 Å². The highest BCUT2D eigenvalue weighted by Gasteiger charge is 2.39. The van der Waals surface area contributed by atoms with E-state index in [1.54, 1.807) is 12.0 Å². The van der Waals surface area contributed by atoms with E-state index in [1.807, 2.05) is 42.3 Å². The van der Waals surface area contributed by atoms with Gasteiger partial charge < -0.3 is 14.5 Å². The van der Waals surface area contributed by atoms with Gasteiger partial charge in [0.15, 0.2) is 0 Å². The van der Waals surface area contributed by atoms with Crippen LogP contribution in [-0.2, 0) is 16.0 Å². The van der Waals surface area contributed by atoms with Crippen LogP contribution in [0.15, 0.2) is 48.5 Å². The highest BCUT2D eigenvalue weighted by Crippen LogP contribution is 2.37. The number of hydrogen-bond acceptors (Lipinski definition) is 3. The Morgan fingerprint density at radius 1 is 1.14 bits per heavy atom. The Morgan fingerprint density at radius 3 is 2.71 bits per heavy atom. The first kappa shape index (κ1) is 18.5. The smallest absolute Gasteiger partial charge is 0.228 e. The molecule has 0 radical (unpaired) electrons. The lowest BCUT2D eigenvalue weighted by Crippen LogP contribution is -2.38. The second-order valence-electron chi connectivity index (χ2n) is 7.63. The molecule has 1 heterocycles. The van der Waals surface area contributed by atoms with Crippen molar-refractivity contribution in [2.45, 2.75) is 31.7 Å². The van der Waals surface area contributed by atoms with Crippen molar-refractivity contribution in [2.24, 2.45) is 5.92 Å². The fourth-order valence-corrected chi connectivity index (χ4v) is 4.53. The minimum absolute atomic E-state index is 0.0275. The highest BCUT2D eigenvalue weighted by molar-refractivity contribution is 6.01. The molecular formula is C23H26N2O3. The zero-order valence-corrected chi connectivity index (χ0v) is 16.4. The van der Waals surface area contributed by atoms with Gasteiger partial charge in [-0.1, -0.05) is 36.4 Å². The molecule has 1 aliphatic heterocycles. The Kier molecular flexibility index (Phi) is 5.07. The quantitative estimate of drug-likeness (QED) is 0.817. The molecule has 2 atom stereocenters. The van der Waals surface area contributed by atoms with Crippen LogP contribution in [0.2, 0.25) is 0 Å². The summed E-state index contributed by atoms with van der Waals surface area (Å²) in [5.41, 5.74) is 3.31. The van der Waals surface area contributed by atoms with Gasteiger partial charge in [-0.15, -0.1) is 0 Å². The molecule has 1 aliphatic carbocycles. The van der Waals surface area contributed by atoms with E-state index in [9.17, 15) is 9.59 Å². The summed E-state index contributed by atoms with van der Waals surface area (Å²) < 4.78 is 5.39. The van der Waals surface area contributed by atoms with E-state index in [1.165, 1.54) is 11.1 Å². The van der Waals surface area contributed by atoms with E-state index in [0.29, 0.717) is 12.3 Å². The van der Waals surface area contributed by atoms with Gasteiger partial charge in [-0.05, 0) is 42.5 Å². The van der Waals surface area contributed by atoms with Gasteiger partial charge >= 0.3 is 0 Å². The average molecular weight is 378 g/mol. The number of para-hydroxylation sites is 2. The van der Waals surface area contributed by atoms with Crippen molar-refractivity contribution in [1.29, 1.82) is 0 Å². The molecular weight excluding hydrogens is 352 g/mol. The standard InChI is InChI=1S/C23H26N2O3/c1-24(19-12-7-9-16-8-3-4-10-18(16)19)23(27)17-14-22(26)25(15-17)20-11-5-6-13-21(20)28-2/h3-6,8,10-11,13,17,19H,7,9,12,14-15H2,1-2H3/t17-,19-/m0/s1. The average Bonchev–Trinajstić information content (AvgIpc) is 3.13. The lowest BCUT2D eigenvalue weighted by molar-refractivity contribution is -0.137. The van der Waals surface area contributed by atoms with Gasteiger partial charge in [-0.2, -0.15) is 0 Å². The van der Waals surface area contributed by atoms with Gasteiger partial charge in [0.1, 0.15) is 5.75 Å². The number of ether oxygens (including phenoxy) is 1. The summed E-state index contributed by atoms with van der Waals surface area (Å²) in [4.78, 5) is 29.4. The van der Waals surface area contributed by atoms with Crippen LogP contribution in [0, 0.1) is 5.92 Å². The van der Waals surface area contributed by atoms with Crippen molar-refractivity contribution < 1.29 is 14.3 Å². The summed E-state index contributed by atoms with van der Waals surface area (Å²) in [5.74, 6) is 0.350. The van der Waals surface area contributed by atoms with Crippen LogP contribution in [0.25, 0.3) is 0 Å². The van der Waals surface area contributed by atoms with Gasteiger partial charge in [0.05, 0.1) is 24.8 Å². The normalized spacial score (nSPS) is 21.4. The van der Waals surface area contributed by atoms with Crippen LogP contribution in [0.1, 0.15) is 36.4 Å². The number of hydrogen-bond donors (Lipinski definition) is 0. The van der Waals surface area contributed by atoms with Gasteiger partial charge in [0.25, 0.3) is 0 Å². The third-order valence-corrected chi connectivity index (χ3v) is 6.00. The SMILES string of the molecule is COc1ccccc1N1C[C@@H](C(=O)N(C)[C@H]2CCCc3ccccc32)CC1=O. The van der Waals surface area contributed by atoms with Crippen molar-refractivity contribution in [3.63, 3.8) is 0 Å². The molecule has 5 nitrogen and oxygen atoms in total.